The highest BCUT2D eigenvalue weighted by Crippen LogP contribution is 2.41. The third kappa shape index (κ3) is 3.52. The van der Waals surface area contributed by atoms with E-state index in [1.807, 2.05) is 36.2 Å². The van der Waals surface area contributed by atoms with Gasteiger partial charge in [-0.05, 0) is 55.4 Å². The van der Waals surface area contributed by atoms with Gasteiger partial charge in [-0.25, -0.2) is 9.37 Å². The first kappa shape index (κ1) is 15.0. The summed E-state index contributed by atoms with van der Waals surface area (Å²) in [5.41, 5.74) is 2.13. The Hall–Kier alpha value is -1.55. The molecular weight excluding hydrogens is 309 g/mol. The number of hydrogen-bond donors (Lipinski definition) is 0. The molecule has 2 aliphatic rings. The van der Waals surface area contributed by atoms with E-state index in [0.717, 1.165) is 16.2 Å². The maximum Gasteiger partial charge on any atom is 0.165 e. The minimum absolute atomic E-state index is 0.258. The Morgan fingerprint density at radius 1 is 1.17 bits per heavy atom. The van der Waals surface area contributed by atoms with E-state index >= 15 is 0 Å². The number of rotatable bonds is 6. The lowest BCUT2D eigenvalue weighted by atomic mass is 10.0. The van der Waals surface area contributed by atoms with E-state index in [4.69, 9.17) is 4.74 Å². The summed E-state index contributed by atoms with van der Waals surface area (Å²) in [6, 6.07) is 9.31. The Labute approximate surface area is 140 Å². The molecule has 4 heteroatoms. The fourth-order valence-corrected chi connectivity index (χ4v) is 4.03. The summed E-state index contributed by atoms with van der Waals surface area (Å²) in [5.74, 6) is 0.631. The van der Waals surface area contributed by atoms with Crippen LogP contribution in [0.3, 0.4) is 0 Å². The number of hydrogen-bond acceptors (Lipinski definition) is 3. The van der Waals surface area contributed by atoms with Crippen molar-refractivity contribution in [1.29, 1.82) is 0 Å². The summed E-state index contributed by atoms with van der Waals surface area (Å²) >= 11 is 1.83. The van der Waals surface area contributed by atoms with Crippen molar-refractivity contribution in [2.24, 2.45) is 0 Å². The number of halogens is 1. The predicted octanol–water partition coefficient (Wildman–Crippen LogP) is 5.32. The molecule has 23 heavy (non-hydrogen) atoms. The lowest BCUT2D eigenvalue weighted by Gasteiger charge is -2.24. The second-order valence-electron chi connectivity index (χ2n) is 6.39. The van der Waals surface area contributed by atoms with Gasteiger partial charge in [0.25, 0.3) is 0 Å². The first-order valence-corrected chi connectivity index (χ1v) is 9.20. The van der Waals surface area contributed by atoms with E-state index in [9.17, 15) is 4.39 Å². The molecule has 4 rings (SSSR count). The van der Waals surface area contributed by atoms with Crippen LogP contribution in [0.2, 0.25) is 0 Å². The number of benzene rings is 1. The standard InChI is InChI=1S/C19H20FNOS/c20-17-11-14(13-6-7-13)8-9-18(17)22-12-15-3-2-10-21-19(15)23-16-4-1-5-16/h2-3,8-11,13,16H,1,4-7,12H2. The average molecular weight is 329 g/mol. The van der Waals surface area contributed by atoms with Gasteiger partial charge in [0.15, 0.2) is 11.6 Å². The summed E-state index contributed by atoms with van der Waals surface area (Å²) < 4.78 is 19.9. The largest absolute Gasteiger partial charge is 0.486 e. The Kier molecular flexibility index (Phi) is 4.25. The van der Waals surface area contributed by atoms with E-state index in [-0.39, 0.29) is 5.82 Å². The average Bonchev–Trinajstić information content (AvgIpc) is 3.35. The van der Waals surface area contributed by atoms with Gasteiger partial charge in [0.05, 0.1) is 0 Å². The molecule has 0 saturated heterocycles. The van der Waals surface area contributed by atoms with Crippen molar-refractivity contribution in [2.75, 3.05) is 0 Å². The third-order valence-electron chi connectivity index (χ3n) is 4.57. The normalized spacial score (nSPS) is 17.8. The van der Waals surface area contributed by atoms with E-state index in [0.29, 0.717) is 23.5 Å². The fraction of sp³-hybridized carbons (Fsp3) is 0.421. The van der Waals surface area contributed by atoms with Crippen molar-refractivity contribution in [2.45, 2.75) is 54.9 Å². The molecule has 2 aliphatic carbocycles. The Morgan fingerprint density at radius 2 is 2.04 bits per heavy atom. The molecule has 2 fully saturated rings. The van der Waals surface area contributed by atoms with Crippen LogP contribution in [0.1, 0.15) is 49.1 Å². The molecule has 0 unspecified atom stereocenters. The molecule has 0 N–H and O–H groups in total. The number of aromatic nitrogens is 1. The van der Waals surface area contributed by atoms with Crippen molar-refractivity contribution >= 4 is 11.8 Å². The molecule has 0 aliphatic heterocycles. The second-order valence-corrected chi connectivity index (χ2v) is 7.68. The Morgan fingerprint density at radius 3 is 2.74 bits per heavy atom. The minimum Gasteiger partial charge on any atom is -0.486 e. The van der Waals surface area contributed by atoms with Crippen molar-refractivity contribution in [3.8, 4) is 5.75 Å². The van der Waals surface area contributed by atoms with Crippen LogP contribution in [0.4, 0.5) is 4.39 Å². The van der Waals surface area contributed by atoms with Crippen LogP contribution >= 0.6 is 11.8 Å². The third-order valence-corrected chi connectivity index (χ3v) is 5.96. The van der Waals surface area contributed by atoms with Gasteiger partial charge in [-0.2, -0.15) is 0 Å². The van der Waals surface area contributed by atoms with Crippen molar-refractivity contribution in [1.82, 2.24) is 4.98 Å². The van der Waals surface area contributed by atoms with Crippen LogP contribution < -0.4 is 4.74 Å². The van der Waals surface area contributed by atoms with Crippen LogP contribution in [0, 0.1) is 5.82 Å². The SMILES string of the molecule is Fc1cc(C2CC2)ccc1OCc1cccnc1SC1CCC1. The molecular formula is C19H20FNOS. The molecule has 0 radical (unpaired) electrons. The van der Waals surface area contributed by atoms with Crippen LogP contribution in [0.5, 0.6) is 5.75 Å². The first-order valence-electron chi connectivity index (χ1n) is 8.32. The summed E-state index contributed by atoms with van der Waals surface area (Å²) in [6.45, 7) is 0.364. The molecule has 1 heterocycles. The maximum atomic E-state index is 14.2. The van der Waals surface area contributed by atoms with E-state index in [1.165, 1.54) is 32.1 Å². The molecule has 0 amide bonds. The Bertz CT molecular complexity index is 698. The van der Waals surface area contributed by atoms with Gasteiger partial charge in [0.2, 0.25) is 0 Å². The van der Waals surface area contributed by atoms with Gasteiger partial charge in [-0.1, -0.05) is 18.6 Å². The topological polar surface area (TPSA) is 22.1 Å². The van der Waals surface area contributed by atoms with Gasteiger partial charge in [0.1, 0.15) is 11.6 Å². The van der Waals surface area contributed by atoms with E-state index < -0.39 is 0 Å². The highest BCUT2D eigenvalue weighted by atomic mass is 32.2. The summed E-state index contributed by atoms with van der Waals surface area (Å²) in [5, 5.41) is 1.70. The summed E-state index contributed by atoms with van der Waals surface area (Å²) in [6.07, 6.45) is 8.01. The zero-order chi connectivity index (χ0) is 15.6. The van der Waals surface area contributed by atoms with Crippen LogP contribution in [-0.2, 0) is 6.61 Å². The summed E-state index contributed by atoms with van der Waals surface area (Å²) in [4.78, 5) is 4.47. The Balaban J connectivity index is 1.44. The van der Waals surface area contributed by atoms with Gasteiger partial charge in [-0.3, -0.25) is 0 Å². The van der Waals surface area contributed by atoms with Crippen LogP contribution in [-0.4, -0.2) is 10.2 Å². The number of ether oxygens (including phenoxy) is 1. The van der Waals surface area contributed by atoms with E-state index in [1.54, 1.807) is 12.1 Å². The molecule has 1 aromatic heterocycles. The maximum absolute atomic E-state index is 14.2. The van der Waals surface area contributed by atoms with Crippen molar-refractivity contribution in [3.63, 3.8) is 0 Å². The molecule has 2 aromatic rings. The molecule has 2 saturated carbocycles. The first-order chi connectivity index (χ1) is 11.3. The van der Waals surface area contributed by atoms with Gasteiger partial charge < -0.3 is 4.74 Å². The van der Waals surface area contributed by atoms with Gasteiger partial charge in [-0.15, -0.1) is 11.8 Å². The number of nitrogens with zero attached hydrogens (tertiary/aromatic N) is 1. The number of thioether (sulfide) groups is 1. The monoisotopic (exact) mass is 329 g/mol. The van der Waals surface area contributed by atoms with Crippen molar-refractivity contribution < 1.29 is 9.13 Å². The summed E-state index contributed by atoms with van der Waals surface area (Å²) in [7, 11) is 0. The lowest BCUT2D eigenvalue weighted by molar-refractivity contribution is 0.286. The fourth-order valence-electron chi connectivity index (χ4n) is 2.75. The molecule has 120 valence electrons. The molecule has 1 aromatic carbocycles. The molecule has 0 atom stereocenters. The van der Waals surface area contributed by atoms with Crippen LogP contribution in [0.25, 0.3) is 0 Å². The number of pyridine rings is 1. The highest BCUT2D eigenvalue weighted by molar-refractivity contribution is 8.00. The second kappa shape index (κ2) is 6.52. The predicted molar refractivity (Wildman–Crippen MR) is 90.4 cm³/mol. The van der Waals surface area contributed by atoms with Gasteiger partial charge >= 0.3 is 0 Å². The minimum atomic E-state index is -0.258. The quantitative estimate of drug-likeness (QED) is 0.716. The lowest BCUT2D eigenvalue weighted by Crippen LogP contribution is -2.14. The van der Waals surface area contributed by atoms with Gasteiger partial charge in [0, 0.05) is 17.0 Å². The smallest absolute Gasteiger partial charge is 0.165 e. The van der Waals surface area contributed by atoms with E-state index in [2.05, 4.69) is 4.98 Å². The van der Waals surface area contributed by atoms with Crippen LogP contribution in [0.15, 0.2) is 41.6 Å². The highest BCUT2D eigenvalue weighted by Gasteiger charge is 2.24. The zero-order valence-electron chi connectivity index (χ0n) is 13.0. The van der Waals surface area contributed by atoms with Crippen molar-refractivity contribution in [3.05, 3.63) is 53.5 Å². The molecule has 2 nitrogen and oxygen atoms in total. The molecule has 0 bridgehead atoms. The zero-order valence-corrected chi connectivity index (χ0v) is 13.8. The molecule has 0 spiro atoms.